The molecule has 0 unspecified atom stereocenters. The Bertz CT molecular complexity index is 1490. The molecule has 3 heterocycles. The van der Waals surface area contributed by atoms with Gasteiger partial charge in [-0.15, -0.1) is 0 Å². The summed E-state index contributed by atoms with van der Waals surface area (Å²) in [6.45, 7) is 1.55. The first-order valence-electron chi connectivity index (χ1n) is 11.6. The standard InChI is InChI=1S/C27H24FN5O4/c1-36-8-9-37-25-12-23-20(10-21(25)28)26(32-31-23)24(34)11-22(29)16-2-4-17(5-3-16)27(35)33-14-18-6-7-30-13-19(18)15-33/h2-7,10-13H,8-9,14-15,29H2,1H3,(H,31,32). The number of hydrogen-bond donors (Lipinski definition) is 2. The first kappa shape index (κ1) is 24.1. The van der Waals surface area contributed by atoms with Gasteiger partial charge in [0.15, 0.2) is 11.6 Å². The summed E-state index contributed by atoms with van der Waals surface area (Å²) < 4.78 is 24.8. The predicted octanol–water partition coefficient (Wildman–Crippen LogP) is 3.46. The molecule has 0 aliphatic carbocycles. The Morgan fingerprint density at radius 1 is 1.11 bits per heavy atom. The summed E-state index contributed by atoms with van der Waals surface area (Å²) in [4.78, 5) is 31.7. The number of nitrogens with zero attached hydrogens (tertiary/aromatic N) is 3. The molecule has 5 rings (SSSR count). The second kappa shape index (κ2) is 10.2. The Kier molecular flexibility index (Phi) is 6.65. The van der Waals surface area contributed by atoms with Crippen molar-refractivity contribution in [1.82, 2.24) is 20.1 Å². The van der Waals surface area contributed by atoms with Crippen molar-refractivity contribution in [2.45, 2.75) is 13.1 Å². The van der Waals surface area contributed by atoms with Gasteiger partial charge >= 0.3 is 0 Å². The molecule has 4 aromatic rings. The highest BCUT2D eigenvalue weighted by Crippen LogP contribution is 2.27. The van der Waals surface area contributed by atoms with E-state index in [-0.39, 0.29) is 29.7 Å². The summed E-state index contributed by atoms with van der Waals surface area (Å²) in [6, 6.07) is 11.3. The number of H-pyrrole nitrogens is 1. The number of allylic oxidation sites excluding steroid dienone is 1. The number of hydrogen-bond acceptors (Lipinski definition) is 7. The molecule has 0 saturated heterocycles. The van der Waals surface area contributed by atoms with Gasteiger partial charge in [0.2, 0.25) is 5.78 Å². The zero-order valence-corrected chi connectivity index (χ0v) is 20.0. The van der Waals surface area contributed by atoms with E-state index in [1.54, 1.807) is 41.6 Å². The SMILES string of the molecule is COCCOc1cc2[nH]nc(C(=O)C=C(N)c3ccc(C(=O)N4Cc5ccncc5C4)cc3)c2cc1F. The Morgan fingerprint density at radius 3 is 2.62 bits per heavy atom. The topological polar surface area (TPSA) is 123 Å². The molecule has 0 spiro atoms. The van der Waals surface area contributed by atoms with Crippen molar-refractivity contribution in [2.75, 3.05) is 20.3 Å². The van der Waals surface area contributed by atoms with Crippen LogP contribution in [0.15, 0.2) is 60.9 Å². The van der Waals surface area contributed by atoms with E-state index >= 15 is 0 Å². The molecule has 0 bridgehead atoms. The second-order valence-electron chi connectivity index (χ2n) is 8.59. The number of ether oxygens (including phenoxy) is 2. The van der Waals surface area contributed by atoms with Crippen LogP contribution in [0.5, 0.6) is 5.75 Å². The van der Waals surface area contributed by atoms with Crippen LogP contribution in [-0.2, 0) is 17.8 Å². The normalized spacial score (nSPS) is 13.1. The Labute approximate surface area is 211 Å². The number of nitrogens with two attached hydrogens (primary N) is 1. The maximum Gasteiger partial charge on any atom is 0.254 e. The highest BCUT2D eigenvalue weighted by molar-refractivity contribution is 6.14. The summed E-state index contributed by atoms with van der Waals surface area (Å²) >= 11 is 0. The minimum absolute atomic E-state index is 0.0337. The van der Waals surface area contributed by atoms with E-state index in [1.807, 2.05) is 6.07 Å². The number of carbonyl (C=O) groups is 2. The third-order valence-corrected chi connectivity index (χ3v) is 6.16. The minimum Gasteiger partial charge on any atom is -0.488 e. The van der Waals surface area contributed by atoms with Crippen molar-refractivity contribution < 1.29 is 23.5 Å². The maximum absolute atomic E-state index is 14.5. The Balaban J connectivity index is 1.30. The third-order valence-electron chi connectivity index (χ3n) is 6.16. The Morgan fingerprint density at radius 2 is 1.86 bits per heavy atom. The predicted molar refractivity (Wildman–Crippen MR) is 134 cm³/mol. The van der Waals surface area contributed by atoms with Gasteiger partial charge in [0, 0.05) is 61.4 Å². The average molecular weight is 502 g/mol. The average Bonchev–Trinajstić information content (AvgIpc) is 3.52. The van der Waals surface area contributed by atoms with Crippen LogP contribution in [0, 0.1) is 5.82 Å². The number of benzene rings is 2. The molecule has 37 heavy (non-hydrogen) atoms. The summed E-state index contributed by atoms with van der Waals surface area (Å²) in [5.74, 6) is -1.17. The molecule has 9 nitrogen and oxygen atoms in total. The van der Waals surface area contributed by atoms with Crippen LogP contribution in [0.25, 0.3) is 16.6 Å². The lowest BCUT2D eigenvalue weighted by Crippen LogP contribution is -2.25. The lowest BCUT2D eigenvalue weighted by molar-refractivity contribution is 0.0751. The number of methoxy groups -OCH3 is 1. The van der Waals surface area contributed by atoms with Crippen molar-refractivity contribution in [1.29, 1.82) is 0 Å². The van der Waals surface area contributed by atoms with Gasteiger partial charge in [-0.05, 0) is 41.0 Å². The first-order valence-corrected chi connectivity index (χ1v) is 11.6. The van der Waals surface area contributed by atoms with E-state index in [0.717, 1.165) is 11.1 Å². The fraction of sp³-hybridized carbons (Fsp3) is 0.185. The molecule has 0 saturated carbocycles. The quantitative estimate of drug-likeness (QED) is 0.215. The number of rotatable bonds is 8. The molecule has 1 aliphatic heterocycles. The number of nitrogens with one attached hydrogen (secondary N) is 1. The van der Waals surface area contributed by atoms with Crippen LogP contribution < -0.4 is 10.5 Å². The molecule has 188 valence electrons. The highest BCUT2D eigenvalue weighted by atomic mass is 19.1. The lowest BCUT2D eigenvalue weighted by atomic mass is 10.1. The maximum atomic E-state index is 14.5. The monoisotopic (exact) mass is 501 g/mol. The van der Waals surface area contributed by atoms with Gasteiger partial charge < -0.3 is 20.1 Å². The van der Waals surface area contributed by atoms with Crippen molar-refractivity contribution >= 4 is 28.3 Å². The highest BCUT2D eigenvalue weighted by Gasteiger charge is 2.24. The molecular weight excluding hydrogens is 477 g/mol. The number of fused-ring (bicyclic) bond motifs is 2. The Hall–Kier alpha value is -4.57. The molecule has 0 fully saturated rings. The summed E-state index contributed by atoms with van der Waals surface area (Å²) in [7, 11) is 1.52. The van der Waals surface area contributed by atoms with E-state index < -0.39 is 11.6 Å². The molecule has 2 aromatic heterocycles. The number of pyridine rings is 1. The lowest BCUT2D eigenvalue weighted by Gasteiger charge is -2.15. The number of aromatic amines is 1. The number of amides is 1. The fourth-order valence-corrected chi connectivity index (χ4v) is 4.20. The van der Waals surface area contributed by atoms with E-state index in [0.29, 0.717) is 41.7 Å². The molecule has 3 N–H and O–H groups in total. The van der Waals surface area contributed by atoms with Crippen LogP contribution in [-0.4, -0.2) is 52.1 Å². The van der Waals surface area contributed by atoms with E-state index in [4.69, 9.17) is 15.2 Å². The zero-order chi connectivity index (χ0) is 25.9. The number of ketones is 1. The van der Waals surface area contributed by atoms with Gasteiger partial charge in [-0.1, -0.05) is 12.1 Å². The summed E-state index contributed by atoms with van der Waals surface area (Å²) in [5.41, 5.74) is 10.1. The first-order chi connectivity index (χ1) is 17.9. The van der Waals surface area contributed by atoms with Gasteiger partial charge in [0.05, 0.1) is 12.1 Å². The molecule has 0 radical (unpaired) electrons. The summed E-state index contributed by atoms with van der Waals surface area (Å²) in [6.07, 6.45) is 4.73. The van der Waals surface area contributed by atoms with E-state index in [2.05, 4.69) is 15.2 Å². The number of halogens is 1. The van der Waals surface area contributed by atoms with Gasteiger partial charge in [-0.25, -0.2) is 4.39 Å². The van der Waals surface area contributed by atoms with Crippen LogP contribution in [0.3, 0.4) is 0 Å². The van der Waals surface area contributed by atoms with Crippen molar-refractivity contribution in [3.63, 3.8) is 0 Å². The van der Waals surface area contributed by atoms with Gasteiger partial charge in [-0.3, -0.25) is 19.7 Å². The van der Waals surface area contributed by atoms with Crippen molar-refractivity contribution in [2.24, 2.45) is 5.73 Å². The smallest absolute Gasteiger partial charge is 0.254 e. The van der Waals surface area contributed by atoms with Gasteiger partial charge in [0.25, 0.3) is 5.91 Å². The minimum atomic E-state index is -0.617. The molecule has 10 heteroatoms. The van der Waals surface area contributed by atoms with Crippen molar-refractivity contribution in [3.05, 3.63) is 94.7 Å². The molecule has 1 aliphatic rings. The van der Waals surface area contributed by atoms with Crippen molar-refractivity contribution in [3.8, 4) is 5.75 Å². The molecule has 2 aromatic carbocycles. The fourth-order valence-electron chi connectivity index (χ4n) is 4.20. The number of carbonyl (C=O) groups excluding carboxylic acids is 2. The molecule has 0 atom stereocenters. The largest absolute Gasteiger partial charge is 0.488 e. The molecule has 1 amide bonds. The van der Waals surface area contributed by atoms with Crippen LogP contribution in [0.1, 0.15) is 37.5 Å². The second-order valence-corrected chi connectivity index (χ2v) is 8.59. The third kappa shape index (κ3) is 4.91. The van der Waals surface area contributed by atoms with E-state index in [1.165, 1.54) is 25.3 Å². The molecular formula is C27H24FN5O4. The van der Waals surface area contributed by atoms with Gasteiger partial charge in [-0.2, -0.15) is 5.10 Å². The van der Waals surface area contributed by atoms with Crippen LogP contribution in [0.2, 0.25) is 0 Å². The zero-order valence-electron chi connectivity index (χ0n) is 20.0. The summed E-state index contributed by atoms with van der Waals surface area (Å²) in [5, 5.41) is 7.08. The van der Waals surface area contributed by atoms with Crippen LogP contribution in [0.4, 0.5) is 4.39 Å². The number of aromatic nitrogens is 3. The van der Waals surface area contributed by atoms with E-state index in [9.17, 15) is 14.0 Å². The van der Waals surface area contributed by atoms with Crippen LogP contribution >= 0.6 is 0 Å². The van der Waals surface area contributed by atoms with Gasteiger partial charge in [0.1, 0.15) is 12.3 Å².